The first-order valence-corrected chi connectivity index (χ1v) is 6.83. The minimum absolute atomic E-state index is 0.118. The first-order valence-electron chi connectivity index (χ1n) is 6.83. The van der Waals surface area contributed by atoms with Crippen molar-refractivity contribution >= 4 is 5.91 Å². The van der Waals surface area contributed by atoms with Gasteiger partial charge in [0, 0.05) is 12.6 Å². The quantitative estimate of drug-likeness (QED) is 0.795. The third-order valence-electron chi connectivity index (χ3n) is 4.28. The summed E-state index contributed by atoms with van der Waals surface area (Å²) in [6.45, 7) is 12.6. The zero-order valence-electron chi connectivity index (χ0n) is 12.0. The zero-order valence-corrected chi connectivity index (χ0v) is 12.0. The van der Waals surface area contributed by atoms with Crippen molar-refractivity contribution in [3.05, 3.63) is 0 Å². The van der Waals surface area contributed by atoms with E-state index in [0.29, 0.717) is 0 Å². The summed E-state index contributed by atoms with van der Waals surface area (Å²) >= 11 is 0. The fourth-order valence-electron chi connectivity index (χ4n) is 2.19. The van der Waals surface area contributed by atoms with Gasteiger partial charge in [0.05, 0.1) is 5.41 Å². The topological polar surface area (TPSA) is 41.1 Å². The number of hydrogen-bond acceptors (Lipinski definition) is 2. The summed E-state index contributed by atoms with van der Waals surface area (Å²) in [7, 11) is 0. The highest BCUT2D eigenvalue weighted by Crippen LogP contribution is 2.31. The molecule has 1 heterocycles. The molecule has 3 heteroatoms. The minimum Gasteiger partial charge on any atom is -0.353 e. The van der Waals surface area contributed by atoms with Gasteiger partial charge in [-0.15, -0.1) is 0 Å². The number of carbonyl (C=O) groups excluding carboxylic acids is 1. The molecule has 1 rings (SSSR count). The van der Waals surface area contributed by atoms with Gasteiger partial charge in [-0.1, -0.05) is 27.7 Å². The average Bonchev–Trinajstić information content (AvgIpc) is 2.28. The Morgan fingerprint density at radius 1 is 1.47 bits per heavy atom. The van der Waals surface area contributed by atoms with Crippen molar-refractivity contribution < 1.29 is 4.79 Å². The SMILES string of the molecule is CCC1(C(=O)NC(C)C(C)(C)C)CCCNC1. The van der Waals surface area contributed by atoms with E-state index in [0.717, 1.165) is 32.4 Å². The van der Waals surface area contributed by atoms with Gasteiger partial charge in [-0.2, -0.15) is 0 Å². The first-order chi connectivity index (χ1) is 7.82. The van der Waals surface area contributed by atoms with Crippen LogP contribution in [-0.2, 0) is 4.79 Å². The van der Waals surface area contributed by atoms with Crippen molar-refractivity contribution in [3.63, 3.8) is 0 Å². The Labute approximate surface area is 106 Å². The van der Waals surface area contributed by atoms with E-state index in [-0.39, 0.29) is 22.8 Å². The maximum absolute atomic E-state index is 12.5. The predicted molar refractivity (Wildman–Crippen MR) is 71.9 cm³/mol. The Balaban J connectivity index is 2.67. The lowest BCUT2D eigenvalue weighted by molar-refractivity contribution is -0.133. The predicted octanol–water partition coefficient (Wildman–Crippen LogP) is 2.32. The lowest BCUT2D eigenvalue weighted by atomic mass is 9.76. The van der Waals surface area contributed by atoms with E-state index in [1.165, 1.54) is 0 Å². The van der Waals surface area contributed by atoms with Crippen LogP contribution in [0.15, 0.2) is 0 Å². The molecule has 0 radical (unpaired) electrons. The number of nitrogens with one attached hydrogen (secondary N) is 2. The van der Waals surface area contributed by atoms with Gasteiger partial charge < -0.3 is 10.6 Å². The third kappa shape index (κ3) is 3.44. The van der Waals surface area contributed by atoms with Gasteiger partial charge in [-0.25, -0.2) is 0 Å². The molecule has 0 saturated carbocycles. The Kier molecular flexibility index (Phi) is 4.59. The molecular weight excluding hydrogens is 212 g/mol. The summed E-state index contributed by atoms with van der Waals surface area (Å²) in [5.41, 5.74) is -0.0650. The molecule has 1 aliphatic rings. The fourth-order valence-corrected chi connectivity index (χ4v) is 2.19. The highest BCUT2D eigenvalue weighted by molar-refractivity contribution is 5.83. The molecule has 1 fully saturated rings. The van der Waals surface area contributed by atoms with E-state index in [9.17, 15) is 4.79 Å². The minimum atomic E-state index is -0.183. The molecule has 3 nitrogen and oxygen atoms in total. The van der Waals surface area contributed by atoms with Crippen LogP contribution in [-0.4, -0.2) is 25.0 Å². The van der Waals surface area contributed by atoms with Crippen molar-refractivity contribution in [2.24, 2.45) is 10.8 Å². The van der Waals surface area contributed by atoms with Crippen LogP contribution in [0, 0.1) is 10.8 Å². The molecule has 0 aromatic rings. The molecule has 0 aromatic heterocycles. The highest BCUT2D eigenvalue weighted by Gasteiger charge is 2.39. The van der Waals surface area contributed by atoms with Gasteiger partial charge in [-0.3, -0.25) is 4.79 Å². The van der Waals surface area contributed by atoms with Gasteiger partial charge in [0.2, 0.25) is 5.91 Å². The normalized spacial score (nSPS) is 27.6. The van der Waals surface area contributed by atoms with Crippen molar-refractivity contribution in [2.75, 3.05) is 13.1 Å². The number of rotatable bonds is 3. The second-order valence-electron chi connectivity index (χ2n) is 6.48. The van der Waals surface area contributed by atoms with Crippen LogP contribution in [0.3, 0.4) is 0 Å². The summed E-state index contributed by atoms with van der Waals surface area (Å²) in [4.78, 5) is 12.5. The molecule has 1 aliphatic heterocycles. The van der Waals surface area contributed by atoms with E-state index >= 15 is 0 Å². The van der Waals surface area contributed by atoms with E-state index < -0.39 is 0 Å². The average molecular weight is 240 g/mol. The van der Waals surface area contributed by atoms with Crippen LogP contribution in [0.5, 0.6) is 0 Å². The van der Waals surface area contributed by atoms with Crippen molar-refractivity contribution in [2.45, 2.75) is 59.9 Å². The maximum Gasteiger partial charge on any atom is 0.227 e. The molecule has 2 N–H and O–H groups in total. The number of amides is 1. The van der Waals surface area contributed by atoms with Gasteiger partial charge in [0.1, 0.15) is 0 Å². The summed E-state index contributed by atoms with van der Waals surface area (Å²) in [6, 6.07) is 0.209. The largest absolute Gasteiger partial charge is 0.353 e. The Bertz CT molecular complexity index is 262. The van der Waals surface area contributed by atoms with Crippen molar-refractivity contribution in [3.8, 4) is 0 Å². The monoisotopic (exact) mass is 240 g/mol. The molecule has 0 aromatic carbocycles. The van der Waals surface area contributed by atoms with Crippen molar-refractivity contribution in [1.82, 2.24) is 10.6 Å². The Morgan fingerprint density at radius 3 is 2.53 bits per heavy atom. The summed E-state index contributed by atoms with van der Waals surface area (Å²) in [5, 5.41) is 6.56. The molecule has 100 valence electrons. The third-order valence-corrected chi connectivity index (χ3v) is 4.28. The van der Waals surface area contributed by atoms with Gasteiger partial charge in [-0.05, 0) is 38.1 Å². The number of carbonyl (C=O) groups is 1. The van der Waals surface area contributed by atoms with Crippen LogP contribution in [0.1, 0.15) is 53.9 Å². The Morgan fingerprint density at radius 2 is 2.12 bits per heavy atom. The molecule has 1 saturated heterocycles. The van der Waals surface area contributed by atoms with Crippen LogP contribution < -0.4 is 10.6 Å². The molecule has 1 amide bonds. The van der Waals surface area contributed by atoms with E-state index in [1.807, 2.05) is 0 Å². The van der Waals surface area contributed by atoms with Crippen LogP contribution >= 0.6 is 0 Å². The standard InChI is InChI=1S/C14H28N2O/c1-6-14(8-7-9-15-10-14)12(17)16-11(2)13(3,4)5/h11,15H,6-10H2,1-5H3,(H,16,17). The number of hydrogen-bond donors (Lipinski definition) is 2. The lowest BCUT2D eigenvalue weighted by Crippen LogP contribution is -2.54. The highest BCUT2D eigenvalue weighted by atomic mass is 16.2. The second-order valence-corrected chi connectivity index (χ2v) is 6.48. The van der Waals surface area contributed by atoms with Crippen LogP contribution in [0.4, 0.5) is 0 Å². The summed E-state index contributed by atoms with van der Waals surface area (Å²) in [5.74, 6) is 0.231. The summed E-state index contributed by atoms with van der Waals surface area (Å²) < 4.78 is 0. The summed E-state index contributed by atoms with van der Waals surface area (Å²) in [6.07, 6.45) is 3.03. The fraction of sp³-hybridized carbons (Fsp3) is 0.929. The van der Waals surface area contributed by atoms with Gasteiger partial charge in [0.15, 0.2) is 0 Å². The lowest BCUT2D eigenvalue weighted by Gasteiger charge is -2.38. The van der Waals surface area contributed by atoms with Crippen molar-refractivity contribution in [1.29, 1.82) is 0 Å². The van der Waals surface area contributed by atoms with E-state index in [4.69, 9.17) is 0 Å². The zero-order chi connectivity index (χ0) is 13.1. The molecule has 0 bridgehead atoms. The first kappa shape index (κ1) is 14.5. The molecule has 17 heavy (non-hydrogen) atoms. The van der Waals surface area contributed by atoms with Crippen LogP contribution in [0.2, 0.25) is 0 Å². The maximum atomic E-state index is 12.5. The Hall–Kier alpha value is -0.570. The molecule has 0 spiro atoms. The van der Waals surface area contributed by atoms with E-state index in [1.54, 1.807) is 0 Å². The molecular formula is C14H28N2O. The van der Waals surface area contributed by atoms with E-state index in [2.05, 4.69) is 45.3 Å². The van der Waals surface area contributed by atoms with Crippen LogP contribution in [0.25, 0.3) is 0 Å². The molecule has 0 aliphatic carbocycles. The molecule has 2 atom stereocenters. The van der Waals surface area contributed by atoms with Gasteiger partial charge >= 0.3 is 0 Å². The smallest absolute Gasteiger partial charge is 0.227 e. The number of piperidine rings is 1. The second kappa shape index (κ2) is 5.38. The van der Waals surface area contributed by atoms with Gasteiger partial charge in [0.25, 0.3) is 0 Å². The molecule has 2 unspecified atom stereocenters.